The monoisotopic (exact) mass is 326 g/mol. The number of aliphatic hydroxyl groups excluding tert-OH is 1. The van der Waals surface area contributed by atoms with E-state index in [1.54, 1.807) is 11.3 Å². The molecule has 114 valence electrons. The van der Waals surface area contributed by atoms with Crippen molar-refractivity contribution in [2.24, 2.45) is 0 Å². The zero-order valence-corrected chi connectivity index (χ0v) is 13.3. The van der Waals surface area contributed by atoms with Gasteiger partial charge in [-0.15, -0.1) is 21.5 Å². The third kappa shape index (κ3) is 4.76. The third-order valence-corrected chi connectivity index (χ3v) is 4.65. The van der Waals surface area contributed by atoms with Gasteiger partial charge in [0.1, 0.15) is 5.01 Å². The first-order valence-corrected chi connectivity index (χ1v) is 8.46. The van der Waals surface area contributed by atoms with E-state index in [2.05, 4.69) is 27.8 Å². The van der Waals surface area contributed by atoms with Gasteiger partial charge in [-0.3, -0.25) is 5.32 Å². The van der Waals surface area contributed by atoms with E-state index in [0.29, 0.717) is 11.6 Å². The molecule has 0 unspecified atom stereocenters. The highest BCUT2D eigenvalue weighted by molar-refractivity contribution is 7.15. The summed E-state index contributed by atoms with van der Waals surface area (Å²) in [6.07, 6.45) is 2.34. The molecule has 0 spiro atoms. The van der Waals surface area contributed by atoms with Crippen LogP contribution in [0.25, 0.3) is 0 Å². The number of thiophene rings is 1. The highest BCUT2D eigenvalue weighted by Gasteiger charge is 2.16. The lowest BCUT2D eigenvalue weighted by atomic mass is 10.2. The second kappa shape index (κ2) is 8.06. The van der Waals surface area contributed by atoms with Gasteiger partial charge in [0.15, 0.2) is 0 Å². The van der Waals surface area contributed by atoms with E-state index < -0.39 is 0 Å². The zero-order chi connectivity index (χ0) is 15.1. The van der Waals surface area contributed by atoms with Crippen LogP contribution >= 0.6 is 22.7 Å². The van der Waals surface area contributed by atoms with Crippen LogP contribution in [0.3, 0.4) is 0 Å². The van der Waals surface area contributed by atoms with E-state index in [-0.39, 0.29) is 18.7 Å². The molecule has 0 aliphatic rings. The van der Waals surface area contributed by atoms with Crippen LogP contribution in [0.2, 0.25) is 0 Å². The van der Waals surface area contributed by atoms with Crippen molar-refractivity contribution in [2.45, 2.75) is 32.2 Å². The fourth-order valence-corrected chi connectivity index (χ4v) is 3.46. The number of aromatic nitrogens is 2. The molecule has 0 saturated heterocycles. The number of nitrogens with one attached hydrogen (secondary N) is 2. The number of carbonyl (C=O) groups excluding carboxylic acids is 1. The molecule has 0 bridgehead atoms. The first-order chi connectivity index (χ1) is 10.2. The molecular weight excluding hydrogens is 308 g/mol. The van der Waals surface area contributed by atoms with Gasteiger partial charge in [0.2, 0.25) is 5.13 Å². The second-order valence-corrected chi connectivity index (χ2v) is 6.47. The van der Waals surface area contributed by atoms with Gasteiger partial charge in [0.05, 0.1) is 6.04 Å². The van der Waals surface area contributed by atoms with Crippen molar-refractivity contribution in [1.82, 2.24) is 15.5 Å². The molecule has 21 heavy (non-hydrogen) atoms. The van der Waals surface area contributed by atoms with Crippen molar-refractivity contribution in [3.05, 3.63) is 27.4 Å². The number of rotatable bonds is 7. The van der Waals surface area contributed by atoms with Gasteiger partial charge in [-0.2, -0.15) is 0 Å². The number of nitrogens with zero attached hydrogens (tertiary/aromatic N) is 2. The predicted molar refractivity (Wildman–Crippen MR) is 84.8 cm³/mol. The number of aryl methyl sites for hydroxylation is 1. The van der Waals surface area contributed by atoms with Crippen molar-refractivity contribution in [2.75, 3.05) is 11.9 Å². The fraction of sp³-hybridized carbons (Fsp3) is 0.462. The van der Waals surface area contributed by atoms with Crippen molar-refractivity contribution in [3.63, 3.8) is 0 Å². The van der Waals surface area contributed by atoms with Crippen molar-refractivity contribution < 1.29 is 9.90 Å². The Balaban J connectivity index is 1.92. The molecule has 0 aliphatic heterocycles. The van der Waals surface area contributed by atoms with Crippen LogP contribution in [0.1, 0.15) is 35.7 Å². The van der Waals surface area contributed by atoms with E-state index in [0.717, 1.165) is 22.7 Å². The van der Waals surface area contributed by atoms with Gasteiger partial charge in [0, 0.05) is 17.9 Å². The largest absolute Gasteiger partial charge is 0.396 e. The van der Waals surface area contributed by atoms with Crippen molar-refractivity contribution in [3.8, 4) is 0 Å². The highest BCUT2D eigenvalue weighted by Crippen LogP contribution is 2.22. The third-order valence-electron chi connectivity index (χ3n) is 2.76. The summed E-state index contributed by atoms with van der Waals surface area (Å²) >= 11 is 2.93. The topological polar surface area (TPSA) is 87.1 Å². The van der Waals surface area contributed by atoms with Gasteiger partial charge in [-0.1, -0.05) is 24.3 Å². The summed E-state index contributed by atoms with van der Waals surface area (Å²) in [7, 11) is 0. The van der Waals surface area contributed by atoms with Crippen LogP contribution in [0.4, 0.5) is 9.93 Å². The molecule has 2 rings (SSSR count). The number of urea groups is 1. The van der Waals surface area contributed by atoms with E-state index in [4.69, 9.17) is 5.11 Å². The van der Waals surface area contributed by atoms with Gasteiger partial charge >= 0.3 is 6.03 Å². The smallest absolute Gasteiger partial charge is 0.321 e. The zero-order valence-electron chi connectivity index (χ0n) is 11.7. The summed E-state index contributed by atoms with van der Waals surface area (Å²) in [5, 5.41) is 26.0. The second-order valence-electron chi connectivity index (χ2n) is 4.43. The lowest BCUT2D eigenvalue weighted by molar-refractivity contribution is 0.239. The van der Waals surface area contributed by atoms with Gasteiger partial charge in [0.25, 0.3) is 0 Å². The van der Waals surface area contributed by atoms with E-state index in [1.165, 1.54) is 11.3 Å². The number of aliphatic hydroxyl groups is 1. The molecular formula is C13H18N4O2S2. The minimum atomic E-state index is -0.332. The van der Waals surface area contributed by atoms with Gasteiger partial charge < -0.3 is 10.4 Å². The molecule has 0 aromatic carbocycles. The summed E-state index contributed by atoms with van der Waals surface area (Å²) in [5.74, 6) is 0. The van der Waals surface area contributed by atoms with Crippen LogP contribution in [-0.4, -0.2) is 27.9 Å². The molecule has 2 heterocycles. The Hall–Kier alpha value is -1.51. The van der Waals surface area contributed by atoms with Crippen molar-refractivity contribution >= 4 is 33.8 Å². The Morgan fingerprint density at radius 1 is 1.48 bits per heavy atom. The quantitative estimate of drug-likeness (QED) is 0.730. The van der Waals surface area contributed by atoms with E-state index in [1.807, 2.05) is 17.5 Å². The Labute approximate surface area is 131 Å². The minimum absolute atomic E-state index is 0.0162. The number of hydrogen-bond donors (Lipinski definition) is 3. The molecule has 8 heteroatoms. The molecule has 3 N–H and O–H groups in total. The summed E-state index contributed by atoms with van der Waals surface area (Å²) in [5.41, 5.74) is 0. The summed E-state index contributed by atoms with van der Waals surface area (Å²) < 4.78 is 0. The molecule has 0 fully saturated rings. The maximum atomic E-state index is 12.0. The van der Waals surface area contributed by atoms with Crippen LogP contribution in [0.5, 0.6) is 0 Å². The fourth-order valence-electron chi connectivity index (χ4n) is 1.81. The Bertz CT molecular complexity index is 556. The number of anilines is 1. The number of hydrogen-bond acceptors (Lipinski definition) is 6. The van der Waals surface area contributed by atoms with Crippen LogP contribution < -0.4 is 10.6 Å². The number of amides is 2. The molecule has 0 aliphatic carbocycles. The maximum Gasteiger partial charge on any atom is 0.321 e. The standard InChI is InChI=1S/C13H18N4O2S2/c1-2-4-11-16-17-13(21-11)15-12(19)14-9(6-7-18)10-5-3-8-20-10/h3,5,8-9,18H,2,4,6-7H2,1H3,(H2,14,15,17,19)/t9-/m0/s1. The van der Waals surface area contributed by atoms with Crippen molar-refractivity contribution in [1.29, 1.82) is 0 Å². The Kier molecular flexibility index (Phi) is 6.09. The van der Waals surface area contributed by atoms with Gasteiger partial charge in [-0.25, -0.2) is 4.79 Å². The molecule has 2 amide bonds. The highest BCUT2D eigenvalue weighted by atomic mass is 32.1. The molecule has 6 nitrogen and oxygen atoms in total. The first kappa shape index (κ1) is 15.9. The minimum Gasteiger partial charge on any atom is -0.396 e. The van der Waals surface area contributed by atoms with E-state index >= 15 is 0 Å². The van der Waals surface area contributed by atoms with E-state index in [9.17, 15) is 4.79 Å². The SMILES string of the molecule is CCCc1nnc(NC(=O)N[C@@H](CCO)c2cccs2)s1. The number of carbonyl (C=O) groups is 1. The average Bonchev–Trinajstić information content (AvgIpc) is 3.10. The summed E-state index contributed by atoms with van der Waals surface area (Å²) in [6, 6.07) is 3.33. The van der Waals surface area contributed by atoms with Gasteiger partial charge in [-0.05, 0) is 24.3 Å². The Morgan fingerprint density at radius 2 is 2.33 bits per heavy atom. The maximum absolute atomic E-state index is 12.0. The molecule has 0 saturated carbocycles. The molecule has 2 aromatic rings. The lowest BCUT2D eigenvalue weighted by Gasteiger charge is -2.16. The molecule has 0 radical (unpaired) electrons. The lowest BCUT2D eigenvalue weighted by Crippen LogP contribution is -2.32. The predicted octanol–water partition coefficient (Wildman–Crippen LogP) is 2.80. The molecule has 2 aromatic heterocycles. The summed E-state index contributed by atoms with van der Waals surface area (Å²) in [6.45, 7) is 2.09. The van der Waals surface area contributed by atoms with Crippen LogP contribution in [0.15, 0.2) is 17.5 Å². The van der Waals surface area contributed by atoms with Crippen LogP contribution in [0, 0.1) is 0 Å². The molecule has 1 atom stereocenters. The summed E-state index contributed by atoms with van der Waals surface area (Å²) in [4.78, 5) is 13.0. The normalized spacial score (nSPS) is 12.1. The average molecular weight is 326 g/mol. The van der Waals surface area contributed by atoms with Crippen LogP contribution in [-0.2, 0) is 6.42 Å². The first-order valence-electron chi connectivity index (χ1n) is 6.77. The Morgan fingerprint density at radius 3 is 3.00 bits per heavy atom.